The summed E-state index contributed by atoms with van der Waals surface area (Å²) < 4.78 is 10.8. The van der Waals surface area contributed by atoms with Crippen LogP contribution in [0.2, 0.25) is 0 Å². The summed E-state index contributed by atoms with van der Waals surface area (Å²) in [5.41, 5.74) is 6.26. The van der Waals surface area contributed by atoms with Gasteiger partial charge in [0.15, 0.2) is 0 Å². The Balaban J connectivity index is 1.57. The minimum Gasteiger partial charge on any atom is -0.497 e. The summed E-state index contributed by atoms with van der Waals surface area (Å²) in [6.07, 6.45) is 0.760. The van der Waals surface area contributed by atoms with Crippen molar-refractivity contribution in [3.05, 3.63) is 89.1 Å². The maximum absolute atomic E-state index is 13.4. The van der Waals surface area contributed by atoms with Gasteiger partial charge in [-0.1, -0.05) is 29.8 Å². The number of carbonyl (C=O) groups excluding carboxylic acids is 1. The van der Waals surface area contributed by atoms with E-state index in [1.165, 1.54) is 5.56 Å². The predicted octanol–water partition coefficient (Wildman–Crippen LogP) is 5.67. The second kappa shape index (κ2) is 8.54. The Bertz CT molecular complexity index is 1290. The summed E-state index contributed by atoms with van der Waals surface area (Å²) in [5.74, 6) is 1.61. The number of aromatic amines is 1. The van der Waals surface area contributed by atoms with Crippen LogP contribution in [-0.2, 0) is 6.42 Å². The van der Waals surface area contributed by atoms with Crippen molar-refractivity contribution in [2.24, 2.45) is 0 Å². The van der Waals surface area contributed by atoms with E-state index in [-0.39, 0.29) is 12.1 Å². The lowest BCUT2D eigenvalue weighted by Crippen LogP contribution is -2.43. The first-order valence-electron chi connectivity index (χ1n) is 11.0. The number of nitrogens with zero attached hydrogens (tertiary/aromatic N) is 1. The SMILES string of the molecule is COc1ccc([C@@H]2c3[nH]c4ccc(OC)cc4c3CCN2C(=O)Nc2ccc(C)cc2)cc1. The molecule has 5 rings (SSSR count). The highest BCUT2D eigenvalue weighted by atomic mass is 16.5. The number of benzene rings is 3. The van der Waals surface area contributed by atoms with Crippen molar-refractivity contribution in [3.63, 3.8) is 0 Å². The normalized spacial score (nSPS) is 15.2. The van der Waals surface area contributed by atoms with Crippen molar-refractivity contribution in [1.29, 1.82) is 0 Å². The molecule has 2 amide bonds. The number of rotatable bonds is 4. The summed E-state index contributed by atoms with van der Waals surface area (Å²) in [7, 11) is 3.33. The molecule has 0 spiro atoms. The van der Waals surface area contributed by atoms with Crippen LogP contribution in [0.15, 0.2) is 66.7 Å². The minimum absolute atomic E-state index is 0.124. The molecule has 168 valence electrons. The van der Waals surface area contributed by atoms with Crippen molar-refractivity contribution < 1.29 is 14.3 Å². The second-order valence-corrected chi connectivity index (χ2v) is 8.34. The number of urea groups is 1. The Labute approximate surface area is 193 Å². The Morgan fingerprint density at radius 2 is 1.67 bits per heavy atom. The summed E-state index contributed by atoms with van der Waals surface area (Å²) in [4.78, 5) is 18.9. The van der Waals surface area contributed by atoms with Crippen LogP contribution in [0.5, 0.6) is 11.5 Å². The Morgan fingerprint density at radius 1 is 0.970 bits per heavy atom. The van der Waals surface area contributed by atoms with E-state index in [9.17, 15) is 4.79 Å². The first-order valence-corrected chi connectivity index (χ1v) is 11.0. The van der Waals surface area contributed by atoms with Gasteiger partial charge in [-0.15, -0.1) is 0 Å². The number of fused-ring (bicyclic) bond motifs is 3. The van der Waals surface area contributed by atoms with E-state index in [1.807, 2.05) is 72.5 Å². The van der Waals surface area contributed by atoms with E-state index in [1.54, 1.807) is 14.2 Å². The molecule has 0 fully saturated rings. The Morgan fingerprint density at radius 3 is 2.36 bits per heavy atom. The molecular formula is C27H27N3O3. The number of methoxy groups -OCH3 is 2. The quantitative estimate of drug-likeness (QED) is 0.429. The van der Waals surface area contributed by atoms with Crippen molar-refractivity contribution in [1.82, 2.24) is 9.88 Å². The van der Waals surface area contributed by atoms with Crippen LogP contribution in [0, 0.1) is 6.92 Å². The molecule has 6 heteroatoms. The van der Waals surface area contributed by atoms with Gasteiger partial charge in [0, 0.05) is 28.8 Å². The predicted molar refractivity (Wildman–Crippen MR) is 130 cm³/mol. The maximum atomic E-state index is 13.4. The van der Waals surface area contributed by atoms with E-state index in [4.69, 9.17) is 9.47 Å². The van der Waals surface area contributed by atoms with Gasteiger partial charge in [0.05, 0.1) is 20.3 Å². The highest BCUT2D eigenvalue weighted by Gasteiger charge is 2.34. The van der Waals surface area contributed by atoms with Gasteiger partial charge in [0.25, 0.3) is 0 Å². The smallest absolute Gasteiger partial charge is 0.322 e. The van der Waals surface area contributed by atoms with Crippen LogP contribution in [0.1, 0.15) is 28.4 Å². The molecule has 0 saturated carbocycles. The lowest BCUT2D eigenvalue weighted by molar-refractivity contribution is 0.193. The number of nitrogens with one attached hydrogen (secondary N) is 2. The minimum atomic E-state index is -0.247. The zero-order valence-corrected chi connectivity index (χ0v) is 19.0. The molecule has 4 aromatic rings. The van der Waals surface area contributed by atoms with Crippen molar-refractivity contribution in [2.45, 2.75) is 19.4 Å². The molecule has 3 aromatic carbocycles. The molecule has 0 aliphatic carbocycles. The average molecular weight is 442 g/mol. The van der Waals surface area contributed by atoms with Gasteiger partial charge < -0.3 is 24.7 Å². The maximum Gasteiger partial charge on any atom is 0.322 e. The number of ether oxygens (including phenoxy) is 2. The standard InChI is InChI=1S/C27H27N3O3/c1-17-4-8-19(9-5-17)28-27(31)30-15-14-22-23-16-21(33-3)12-13-24(23)29-25(22)26(30)18-6-10-20(32-2)11-7-18/h4-13,16,26,29H,14-15H2,1-3H3,(H,28,31)/t26-/m1/s1. The number of amides is 2. The number of carbonyl (C=O) groups is 1. The van der Waals surface area contributed by atoms with Gasteiger partial charge in [-0.3, -0.25) is 0 Å². The number of aromatic nitrogens is 1. The Kier molecular flexibility index (Phi) is 5.42. The Hall–Kier alpha value is -3.93. The number of anilines is 1. The van der Waals surface area contributed by atoms with Crippen LogP contribution in [-0.4, -0.2) is 36.7 Å². The first-order chi connectivity index (χ1) is 16.1. The molecule has 0 saturated heterocycles. The van der Waals surface area contributed by atoms with Crippen LogP contribution in [0.3, 0.4) is 0 Å². The van der Waals surface area contributed by atoms with E-state index < -0.39 is 0 Å². The van der Waals surface area contributed by atoms with Gasteiger partial charge in [-0.25, -0.2) is 4.79 Å². The number of H-pyrrole nitrogens is 1. The van der Waals surface area contributed by atoms with Crippen LogP contribution in [0.25, 0.3) is 10.9 Å². The third-order valence-electron chi connectivity index (χ3n) is 6.33. The molecule has 1 aliphatic heterocycles. The monoisotopic (exact) mass is 441 g/mol. The molecule has 2 heterocycles. The van der Waals surface area contributed by atoms with Crippen LogP contribution in [0.4, 0.5) is 10.5 Å². The third kappa shape index (κ3) is 3.89. The van der Waals surface area contributed by atoms with Crippen LogP contribution >= 0.6 is 0 Å². The van der Waals surface area contributed by atoms with Crippen molar-refractivity contribution in [2.75, 3.05) is 26.1 Å². The van der Waals surface area contributed by atoms with E-state index in [2.05, 4.69) is 16.4 Å². The molecule has 1 aromatic heterocycles. The number of aryl methyl sites for hydroxylation is 1. The molecule has 1 atom stereocenters. The molecule has 2 N–H and O–H groups in total. The van der Waals surface area contributed by atoms with E-state index in [0.717, 1.165) is 51.3 Å². The fraction of sp³-hybridized carbons (Fsp3) is 0.222. The number of hydrogen-bond acceptors (Lipinski definition) is 3. The zero-order chi connectivity index (χ0) is 22.9. The number of hydrogen-bond donors (Lipinski definition) is 2. The molecule has 0 unspecified atom stereocenters. The van der Waals surface area contributed by atoms with E-state index >= 15 is 0 Å². The summed E-state index contributed by atoms with van der Waals surface area (Å²) in [5, 5.41) is 4.21. The summed E-state index contributed by atoms with van der Waals surface area (Å²) in [6, 6.07) is 21.5. The van der Waals surface area contributed by atoms with Gasteiger partial charge >= 0.3 is 6.03 Å². The average Bonchev–Trinajstić information content (AvgIpc) is 3.22. The molecule has 1 aliphatic rings. The van der Waals surface area contributed by atoms with Gasteiger partial charge in [0.1, 0.15) is 11.5 Å². The lowest BCUT2D eigenvalue weighted by atomic mass is 9.92. The van der Waals surface area contributed by atoms with Gasteiger partial charge in [-0.2, -0.15) is 0 Å². The molecule has 33 heavy (non-hydrogen) atoms. The molecular weight excluding hydrogens is 414 g/mol. The molecule has 0 radical (unpaired) electrons. The fourth-order valence-electron chi connectivity index (χ4n) is 4.58. The summed E-state index contributed by atoms with van der Waals surface area (Å²) in [6.45, 7) is 2.63. The van der Waals surface area contributed by atoms with Gasteiger partial charge in [-0.05, 0) is 66.9 Å². The van der Waals surface area contributed by atoms with Crippen molar-refractivity contribution in [3.8, 4) is 11.5 Å². The second-order valence-electron chi connectivity index (χ2n) is 8.34. The van der Waals surface area contributed by atoms with Crippen LogP contribution < -0.4 is 14.8 Å². The molecule has 6 nitrogen and oxygen atoms in total. The van der Waals surface area contributed by atoms with E-state index in [0.29, 0.717) is 6.54 Å². The largest absolute Gasteiger partial charge is 0.497 e. The topological polar surface area (TPSA) is 66.6 Å². The fourth-order valence-corrected chi connectivity index (χ4v) is 4.58. The highest BCUT2D eigenvalue weighted by molar-refractivity contribution is 5.92. The molecule has 0 bridgehead atoms. The first kappa shape index (κ1) is 20.9. The lowest BCUT2D eigenvalue weighted by Gasteiger charge is -2.36. The van der Waals surface area contributed by atoms with Crippen molar-refractivity contribution >= 4 is 22.6 Å². The summed E-state index contributed by atoms with van der Waals surface area (Å²) >= 11 is 0. The van der Waals surface area contributed by atoms with Gasteiger partial charge in [0.2, 0.25) is 0 Å². The highest BCUT2D eigenvalue weighted by Crippen LogP contribution is 2.40. The zero-order valence-electron chi connectivity index (χ0n) is 19.0. The third-order valence-corrected chi connectivity index (χ3v) is 6.33.